The number of nitrogens with two attached hydrogens (primary N) is 1. The number of hydrogen-bond donors (Lipinski definition) is 2. The number of hydrogen-bond acceptors (Lipinski definition) is 4. The zero-order chi connectivity index (χ0) is 14.7. The van der Waals surface area contributed by atoms with Crippen LogP contribution in [0.1, 0.15) is 29.6 Å². The fourth-order valence-electron chi connectivity index (χ4n) is 2.64. The molecule has 1 aliphatic carbocycles. The van der Waals surface area contributed by atoms with Crippen molar-refractivity contribution in [2.45, 2.75) is 31.3 Å². The predicted molar refractivity (Wildman–Crippen MR) is 87.8 cm³/mol. The molecule has 3 rings (SSSR count). The molecule has 3 N–H and O–H groups in total. The Labute approximate surface area is 135 Å². The number of carbonyl (C=O) groups excluding carboxylic acids is 1. The average molecular weight is 319 g/mol. The molecule has 1 fully saturated rings. The van der Waals surface area contributed by atoms with Crippen LogP contribution in [0.5, 0.6) is 0 Å². The van der Waals surface area contributed by atoms with Crippen LogP contribution in [0.2, 0.25) is 0 Å². The highest BCUT2D eigenvalue weighted by Gasteiger charge is 2.23. The number of nitrogens with one attached hydrogen (secondary N) is 1. The quantitative estimate of drug-likeness (QED) is 0.909. The SMILES string of the molecule is Cl.N[C@@H]1CC[C@H](NC(=O)c2ccc(-c3ncccn3)cc2)C1. The average Bonchev–Trinajstić information content (AvgIpc) is 2.93. The molecule has 0 saturated heterocycles. The van der Waals surface area contributed by atoms with Gasteiger partial charge < -0.3 is 11.1 Å². The Kier molecular flexibility index (Phi) is 5.46. The molecule has 1 aliphatic rings. The normalized spacial score (nSPS) is 20.2. The molecule has 116 valence electrons. The van der Waals surface area contributed by atoms with Gasteiger partial charge in [0.25, 0.3) is 5.91 Å². The highest BCUT2D eigenvalue weighted by atomic mass is 35.5. The van der Waals surface area contributed by atoms with Crippen molar-refractivity contribution < 1.29 is 4.79 Å². The molecular formula is C16H19ClN4O. The maximum Gasteiger partial charge on any atom is 0.251 e. The number of benzene rings is 1. The van der Waals surface area contributed by atoms with Crippen molar-refractivity contribution in [3.63, 3.8) is 0 Å². The Bertz CT molecular complexity index is 618. The van der Waals surface area contributed by atoms with Gasteiger partial charge in [0.1, 0.15) is 0 Å². The Hall–Kier alpha value is -1.98. The molecule has 1 amide bonds. The summed E-state index contributed by atoms with van der Waals surface area (Å²) in [4.78, 5) is 20.6. The van der Waals surface area contributed by atoms with Crippen molar-refractivity contribution in [3.8, 4) is 11.4 Å². The molecule has 1 aromatic carbocycles. The summed E-state index contributed by atoms with van der Waals surface area (Å²) < 4.78 is 0. The van der Waals surface area contributed by atoms with E-state index in [0.717, 1.165) is 24.8 Å². The van der Waals surface area contributed by atoms with Crippen LogP contribution in [-0.4, -0.2) is 28.0 Å². The van der Waals surface area contributed by atoms with Crippen LogP contribution in [0.3, 0.4) is 0 Å². The van der Waals surface area contributed by atoms with E-state index in [9.17, 15) is 4.79 Å². The van der Waals surface area contributed by atoms with Crippen LogP contribution in [-0.2, 0) is 0 Å². The third-order valence-electron chi connectivity index (χ3n) is 3.78. The summed E-state index contributed by atoms with van der Waals surface area (Å²) in [5.74, 6) is 0.612. The third kappa shape index (κ3) is 3.81. The number of nitrogens with zero attached hydrogens (tertiary/aromatic N) is 2. The van der Waals surface area contributed by atoms with Gasteiger partial charge in [-0.25, -0.2) is 9.97 Å². The van der Waals surface area contributed by atoms with Crippen LogP contribution in [0.15, 0.2) is 42.7 Å². The monoisotopic (exact) mass is 318 g/mol. The summed E-state index contributed by atoms with van der Waals surface area (Å²) in [5.41, 5.74) is 7.41. The number of carbonyl (C=O) groups is 1. The van der Waals surface area contributed by atoms with Gasteiger partial charge in [-0.1, -0.05) is 12.1 Å². The van der Waals surface area contributed by atoms with Crippen LogP contribution in [0, 0.1) is 0 Å². The summed E-state index contributed by atoms with van der Waals surface area (Å²) in [5, 5.41) is 3.03. The summed E-state index contributed by atoms with van der Waals surface area (Å²) in [7, 11) is 0. The summed E-state index contributed by atoms with van der Waals surface area (Å²) in [6, 6.07) is 9.52. The van der Waals surface area contributed by atoms with E-state index in [1.807, 2.05) is 12.1 Å². The first-order valence-corrected chi connectivity index (χ1v) is 7.16. The predicted octanol–water partition coefficient (Wildman–Crippen LogP) is 2.17. The Morgan fingerprint density at radius 3 is 2.41 bits per heavy atom. The fourth-order valence-corrected chi connectivity index (χ4v) is 2.64. The van der Waals surface area contributed by atoms with Gasteiger partial charge in [0.15, 0.2) is 5.82 Å². The Morgan fingerprint density at radius 2 is 1.82 bits per heavy atom. The molecule has 1 aromatic heterocycles. The lowest BCUT2D eigenvalue weighted by atomic mass is 10.1. The summed E-state index contributed by atoms with van der Waals surface area (Å²) >= 11 is 0. The molecule has 0 unspecified atom stereocenters. The molecule has 1 saturated carbocycles. The second kappa shape index (κ2) is 7.33. The lowest BCUT2D eigenvalue weighted by Crippen LogP contribution is -2.34. The standard InChI is InChI=1S/C16H18N4O.ClH/c17-13-6-7-14(10-13)20-16(21)12-4-2-11(3-5-12)15-18-8-1-9-19-15;/h1-5,8-9,13-14H,6-7,10,17H2,(H,20,21);1H/t13-,14+;/m1./s1. The van der Waals surface area contributed by atoms with Gasteiger partial charge in [0.2, 0.25) is 0 Å². The molecule has 0 bridgehead atoms. The lowest BCUT2D eigenvalue weighted by molar-refractivity contribution is 0.0937. The van der Waals surface area contributed by atoms with E-state index in [0.29, 0.717) is 11.4 Å². The highest BCUT2D eigenvalue weighted by molar-refractivity contribution is 5.94. The topological polar surface area (TPSA) is 80.9 Å². The summed E-state index contributed by atoms with van der Waals surface area (Å²) in [6.07, 6.45) is 6.21. The summed E-state index contributed by atoms with van der Waals surface area (Å²) in [6.45, 7) is 0. The van der Waals surface area contributed by atoms with Crippen molar-refractivity contribution in [3.05, 3.63) is 48.3 Å². The van der Waals surface area contributed by atoms with E-state index in [2.05, 4.69) is 15.3 Å². The largest absolute Gasteiger partial charge is 0.349 e. The molecule has 2 atom stereocenters. The maximum atomic E-state index is 12.2. The molecular weight excluding hydrogens is 300 g/mol. The molecule has 22 heavy (non-hydrogen) atoms. The Morgan fingerprint density at radius 1 is 1.14 bits per heavy atom. The van der Waals surface area contributed by atoms with Gasteiger partial charge in [0, 0.05) is 35.6 Å². The van der Waals surface area contributed by atoms with E-state index in [-0.39, 0.29) is 30.4 Å². The van der Waals surface area contributed by atoms with E-state index in [1.165, 1.54) is 0 Å². The molecule has 0 spiro atoms. The van der Waals surface area contributed by atoms with Gasteiger partial charge in [-0.05, 0) is 37.5 Å². The van der Waals surface area contributed by atoms with Crippen molar-refractivity contribution in [1.29, 1.82) is 0 Å². The van der Waals surface area contributed by atoms with Crippen molar-refractivity contribution in [2.24, 2.45) is 5.73 Å². The number of rotatable bonds is 3. The number of halogens is 1. The smallest absolute Gasteiger partial charge is 0.251 e. The van der Waals surface area contributed by atoms with Gasteiger partial charge in [-0.15, -0.1) is 12.4 Å². The molecule has 2 aromatic rings. The lowest BCUT2D eigenvalue weighted by Gasteiger charge is -2.12. The van der Waals surface area contributed by atoms with Crippen molar-refractivity contribution >= 4 is 18.3 Å². The first-order valence-electron chi connectivity index (χ1n) is 7.16. The molecule has 0 aliphatic heterocycles. The maximum absolute atomic E-state index is 12.2. The molecule has 0 radical (unpaired) electrons. The molecule has 1 heterocycles. The highest BCUT2D eigenvalue weighted by Crippen LogP contribution is 2.18. The van der Waals surface area contributed by atoms with E-state index in [1.54, 1.807) is 30.6 Å². The minimum atomic E-state index is -0.0466. The minimum Gasteiger partial charge on any atom is -0.349 e. The zero-order valence-corrected chi connectivity index (χ0v) is 12.9. The van der Waals surface area contributed by atoms with Crippen LogP contribution in [0.4, 0.5) is 0 Å². The van der Waals surface area contributed by atoms with E-state index >= 15 is 0 Å². The molecule has 6 heteroatoms. The van der Waals surface area contributed by atoms with Crippen LogP contribution >= 0.6 is 12.4 Å². The first-order chi connectivity index (χ1) is 10.2. The Balaban J connectivity index is 0.00000176. The van der Waals surface area contributed by atoms with Crippen molar-refractivity contribution in [1.82, 2.24) is 15.3 Å². The van der Waals surface area contributed by atoms with E-state index < -0.39 is 0 Å². The van der Waals surface area contributed by atoms with Gasteiger partial charge in [-0.2, -0.15) is 0 Å². The van der Waals surface area contributed by atoms with Gasteiger partial charge in [0.05, 0.1) is 0 Å². The number of amides is 1. The second-order valence-corrected chi connectivity index (χ2v) is 5.39. The van der Waals surface area contributed by atoms with Gasteiger partial charge >= 0.3 is 0 Å². The first kappa shape index (κ1) is 16.4. The molecule has 5 nitrogen and oxygen atoms in total. The van der Waals surface area contributed by atoms with Crippen LogP contribution < -0.4 is 11.1 Å². The van der Waals surface area contributed by atoms with Crippen molar-refractivity contribution in [2.75, 3.05) is 0 Å². The number of aromatic nitrogens is 2. The zero-order valence-electron chi connectivity index (χ0n) is 12.1. The fraction of sp³-hybridized carbons (Fsp3) is 0.312. The van der Waals surface area contributed by atoms with Gasteiger partial charge in [-0.3, -0.25) is 4.79 Å². The third-order valence-corrected chi connectivity index (χ3v) is 3.78. The van der Waals surface area contributed by atoms with E-state index in [4.69, 9.17) is 5.73 Å². The minimum absolute atomic E-state index is 0. The second-order valence-electron chi connectivity index (χ2n) is 5.39. The van der Waals surface area contributed by atoms with Crippen LogP contribution in [0.25, 0.3) is 11.4 Å².